The molecule has 1 amide bonds. The lowest BCUT2D eigenvalue weighted by Crippen LogP contribution is -2.53. The number of allylic oxidation sites excluding steroid dienone is 6. The minimum atomic E-state index is -1.28. The van der Waals surface area contributed by atoms with E-state index in [1.165, 1.54) is 199 Å². The van der Waals surface area contributed by atoms with Gasteiger partial charge in [0.05, 0.1) is 18.8 Å². The maximum Gasteiger partial charge on any atom is 0.249 e. The van der Waals surface area contributed by atoms with Gasteiger partial charge in [0, 0.05) is 0 Å². The van der Waals surface area contributed by atoms with Crippen LogP contribution in [0.15, 0.2) is 36.5 Å². The first-order valence-corrected chi connectivity index (χ1v) is 26.9. The summed E-state index contributed by atoms with van der Waals surface area (Å²) in [5.74, 6) is -0.592. The molecule has 0 aliphatic rings. The highest BCUT2D eigenvalue weighted by Gasteiger charge is 2.28. The molecule has 0 rings (SSSR count). The molecule has 0 radical (unpaired) electrons. The van der Waals surface area contributed by atoms with Crippen LogP contribution in [0.25, 0.3) is 0 Å². The zero-order valence-electron chi connectivity index (χ0n) is 40.7. The van der Waals surface area contributed by atoms with Gasteiger partial charge < -0.3 is 25.7 Å². The van der Waals surface area contributed by atoms with Crippen molar-refractivity contribution in [1.29, 1.82) is 0 Å². The van der Waals surface area contributed by atoms with Crippen LogP contribution in [-0.2, 0) is 4.79 Å². The van der Waals surface area contributed by atoms with Gasteiger partial charge in [0.25, 0.3) is 0 Å². The highest BCUT2D eigenvalue weighted by Crippen LogP contribution is 2.17. The number of hydrogen-bond donors (Lipinski definition) is 5. The summed E-state index contributed by atoms with van der Waals surface area (Å²) in [4.78, 5) is 12.6. The van der Waals surface area contributed by atoms with E-state index in [0.29, 0.717) is 12.8 Å². The van der Waals surface area contributed by atoms with Gasteiger partial charge in [-0.15, -0.1) is 0 Å². The molecule has 0 aliphatic carbocycles. The number of hydrogen-bond acceptors (Lipinski definition) is 5. The average molecular weight is 860 g/mol. The monoisotopic (exact) mass is 860 g/mol. The minimum Gasteiger partial charge on any atom is -0.394 e. The van der Waals surface area contributed by atoms with Gasteiger partial charge in [0.2, 0.25) is 5.91 Å². The Bertz CT molecular complexity index is 966. The van der Waals surface area contributed by atoms with E-state index in [9.17, 15) is 25.2 Å². The first kappa shape index (κ1) is 59.5. The molecule has 5 N–H and O–H groups in total. The van der Waals surface area contributed by atoms with Crippen molar-refractivity contribution < 1.29 is 25.2 Å². The van der Waals surface area contributed by atoms with Crippen molar-refractivity contribution in [2.45, 2.75) is 301 Å². The quantitative estimate of drug-likeness (QED) is 0.0309. The molecule has 6 nitrogen and oxygen atoms in total. The number of aliphatic hydroxyl groups excluding tert-OH is 4. The van der Waals surface area contributed by atoms with Crippen LogP contribution < -0.4 is 5.32 Å². The van der Waals surface area contributed by atoms with Gasteiger partial charge in [0.1, 0.15) is 12.2 Å². The van der Waals surface area contributed by atoms with Crippen LogP contribution >= 0.6 is 0 Å². The van der Waals surface area contributed by atoms with Gasteiger partial charge in [-0.2, -0.15) is 0 Å². The Morgan fingerprint density at radius 2 is 0.770 bits per heavy atom. The van der Waals surface area contributed by atoms with Crippen molar-refractivity contribution in [3.63, 3.8) is 0 Å². The SMILES string of the molecule is CC/C=C\C/C=C\CCCCCCCCCCCCCCCC(O)C(=O)NC(CO)C(O)C(O)CCC/C=C/CCCCCCCCCCCCCCCCCCCCCC. The van der Waals surface area contributed by atoms with Crippen molar-refractivity contribution in [3.05, 3.63) is 36.5 Å². The summed E-state index contributed by atoms with van der Waals surface area (Å²) in [6.07, 6.45) is 60.6. The number of carbonyl (C=O) groups is 1. The summed E-state index contributed by atoms with van der Waals surface area (Å²) in [5.41, 5.74) is 0. The molecule has 360 valence electrons. The van der Waals surface area contributed by atoms with E-state index in [1.54, 1.807) is 0 Å². The molecule has 0 aromatic heterocycles. The first-order chi connectivity index (χ1) is 30.0. The molecule has 0 spiro atoms. The summed E-state index contributed by atoms with van der Waals surface area (Å²) in [6, 6.07) is -1.00. The molecule has 6 heteroatoms. The molecule has 0 aliphatic heterocycles. The second-order valence-electron chi connectivity index (χ2n) is 18.5. The fraction of sp³-hybridized carbons (Fsp3) is 0.873. The molecular formula is C55H105NO5. The Kier molecular flexibility index (Phi) is 48.3. The molecular weight excluding hydrogens is 755 g/mol. The van der Waals surface area contributed by atoms with Crippen LogP contribution in [0.3, 0.4) is 0 Å². The summed E-state index contributed by atoms with van der Waals surface area (Å²) in [6.45, 7) is 3.97. The lowest BCUT2D eigenvalue weighted by molar-refractivity contribution is -0.132. The maximum atomic E-state index is 12.6. The van der Waals surface area contributed by atoms with Gasteiger partial charge >= 0.3 is 0 Å². The van der Waals surface area contributed by atoms with Crippen LogP contribution in [0.5, 0.6) is 0 Å². The van der Waals surface area contributed by atoms with E-state index in [4.69, 9.17) is 0 Å². The highest BCUT2D eigenvalue weighted by atomic mass is 16.3. The lowest BCUT2D eigenvalue weighted by Gasteiger charge is -2.27. The smallest absolute Gasteiger partial charge is 0.249 e. The van der Waals surface area contributed by atoms with Crippen molar-refractivity contribution >= 4 is 5.91 Å². The third kappa shape index (κ3) is 43.6. The summed E-state index contributed by atoms with van der Waals surface area (Å²) >= 11 is 0. The van der Waals surface area contributed by atoms with Crippen LogP contribution in [-0.4, -0.2) is 57.3 Å². The van der Waals surface area contributed by atoms with E-state index >= 15 is 0 Å². The van der Waals surface area contributed by atoms with Gasteiger partial charge in [-0.25, -0.2) is 0 Å². The molecule has 0 saturated heterocycles. The van der Waals surface area contributed by atoms with E-state index in [-0.39, 0.29) is 0 Å². The van der Waals surface area contributed by atoms with Gasteiger partial charge in [-0.05, 0) is 64.2 Å². The Labute approximate surface area is 379 Å². The predicted molar refractivity (Wildman–Crippen MR) is 265 cm³/mol. The fourth-order valence-corrected chi connectivity index (χ4v) is 8.39. The molecule has 61 heavy (non-hydrogen) atoms. The van der Waals surface area contributed by atoms with Gasteiger partial charge in [-0.1, -0.05) is 249 Å². The minimum absolute atomic E-state index is 0.362. The topological polar surface area (TPSA) is 110 Å². The number of unbranched alkanes of at least 4 members (excludes halogenated alkanes) is 34. The van der Waals surface area contributed by atoms with E-state index < -0.39 is 36.9 Å². The van der Waals surface area contributed by atoms with E-state index in [2.05, 4.69) is 55.6 Å². The number of nitrogens with one attached hydrogen (secondary N) is 1. The molecule has 0 fully saturated rings. The fourth-order valence-electron chi connectivity index (χ4n) is 8.39. The molecule has 0 aromatic rings. The van der Waals surface area contributed by atoms with Crippen molar-refractivity contribution in [1.82, 2.24) is 5.32 Å². The Morgan fingerprint density at radius 3 is 1.16 bits per heavy atom. The largest absolute Gasteiger partial charge is 0.394 e. The van der Waals surface area contributed by atoms with Crippen LogP contribution in [0.4, 0.5) is 0 Å². The maximum absolute atomic E-state index is 12.6. The van der Waals surface area contributed by atoms with Crippen molar-refractivity contribution in [2.24, 2.45) is 0 Å². The molecule has 0 heterocycles. The Morgan fingerprint density at radius 1 is 0.426 bits per heavy atom. The van der Waals surface area contributed by atoms with Crippen molar-refractivity contribution in [3.8, 4) is 0 Å². The third-order valence-corrected chi connectivity index (χ3v) is 12.6. The normalized spacial score (nSPS) is 14.1. The standard InChI is InChI=1S/C55H105NO5/c1-3-5-7-9-11-13-15-17-19-21-23-25-26-27-28-29-31-32-34-36-38-40-42-44-46-48-52(58)54(60)51(50-57)56-55(61)53(59)49-47-45-43-41-39-37-35-33-30-24-22-20-18-16-14-12-10-8-6-4-2/h6,8,12,14,40,42,51-54,57-60H,3-5,7,9-11,13,15-39,41,43-50H2,1-2H3,(H,56,61)/b8-6-,14-12-,42-40+. The summed E-state index contributed by atoms with van der Waals surface area (Å²) in [5, 5.41) is 43.9. The van der Waals surface area contributed by atoms with Gasteiger partial charge in [-0.3, -0.25) is 4.79 Å². The van der Waals surface area contributed by atoms with Crippen molar-refractivity contribution in [2.75, 3.05) is 6.61 Å². The lowest BCUT2D eigenvalue weighted by atomic mass is 10.00. The van der Waals surface area contributed by atoms with Crippen LogP contribution in [0.1, 0.15) is 277 Å². The zero-order valence-corrected chi connectivity index (χ0v) is 40.7. The number of rotatable bonds is 49. The first-order valence-electron chi connectivity index (χ1n) is 26.9. The average Bonchev–Trinajstić information content (AvgIpc) is 3.26. The van der Waals surface area contributed by atoms with E-state index in [1.807, 2.05) is 0 Å². The van der Waals surface area contributed by atoms with Crippen LogP contribution in [0, 0.1) is 0 Å². The Hall–Kier alpha value is -1.47. The zero-order chi connectivity index (χ0) is 44.5. The summed E-state index contributed by atoms with van der Waals surface area (Å²) < 4.78 is 0. The molecule has 4 unspecified atom stereocenters. The number of aliphatic hydroxyl groups is 4. The van der Waals surface area contributed by atoms with E-state index in [0.717, 1.165) is 51.4 Å². The highest BCUT2D eigenvalue weighted by molar-refractivity contribution is 5.80. The molecule has 4 atom stereocenters. The number of carbonyl (C=O) groups excluding carboxylic acids is 1. The van der Waals surface area contributed by atoms with Crippen LogP contribution in [0.2, 0.25) is 0 Å². The molecule has 0 saturated carbocycles. The second kappa shape index (κ2) is 49.5. The second-order valence-corrected chi connectivity index (χ2v) is 18.5. The molecule has 0 bridgehead atoms. The predicted octanol–water partition coefficient (Wildman–Crippen LogP) is 15.2. The third-order valence-electron chi connectivity index (χ3n) is 12.6. The number of amides is 1. The molecule has 0 aromatic carbocycles. The van der Waals surface area contributed by atoms with Gasteiger partial charge in [0.15, 0.2) is 0 Å². The Balaban J connectivity index is 3.66. The summed E-state index contributed by atoms with van der Waals surface area (Å²) in [7, 11) is 0.